The first-order valence-electron chi connectivity index (χ1n) is 13.4. The van der Waals surface area contributed by atoms with E-state index >= 15 is 0 Å². The van der Waals surface area contributed by atoms with E-state index in [1.165, 1.54) is 30.1 Å². The maximum Gasteiger partial charge on any atom is 0.243 e. The number of amides is 2. The molecule has 0 spiro atoms. The highest BCUT2D eigenvalue weighted by Crippen LogP contribution is 2.22. The van der Waals surface area contributed by atoms with Gasteiger partial charge >= 0.3 is 0 Å². The maximum absolute atomic E-state index is 13.9. The van der Waals surface area contributed by atoms with E-state index in [1.807, 2.05) is 68.4 Å². The molecule has 0 aliphatic rings. The van der Waals surface area contributed by atoms with Crippen molar-refractivity contribution < 1.29 is 22.4 Å². The number of nitrogens with zero attached hydrogens (tertiary/aromatic N) is 2. The highest BCUT2D eigenvalue weighted by atomic mass is 32.2. The SMILES string of the molecule is CC(C)NC(=O)[C@H](Cc1ccccc1)N(Cc1ccc(F)cc1)C(=O)CN(C)S(=O)(=O)c1ccc2ccccc2c1. The normalized spacial score (nSPS) is 12.4. The quantitative estimate of drug-likeness (QED) is 0.279. The van der Waals surface area contributed by atoms with E-state index in [-0.39, 0.29) is 29.8 Å². The Morgan fingerprint density at radius 2 is 1.46 bits per heavy atom. The van der Waals surface area contributed by atoms with Crippen LogP contribution in [-0.4, -0.2) is 55.1 Å². The van der Waals surface area contributed by atoms with Crippen LogP contribution in [0.15, 0.2) is 102 Å². The third-order valence-corrected chi connectivity index (χ3v) is 8.55. The summed E-state index contributed by atoms with van der Waals surface area (Å²) in [6, 6.07) is 26.1. The molecule has 0 unspecified atom stereocenters. The third kappa shape index (κ3) is 7.56. The average Bonchev–Trinajstić information content (AvgIpc) is 2.95. The molecule has 1 atom stereocenters. The lowest BCUT2D eigenvalue weighted by atomic mass is 10.0. The topological polar surface area (TPSA) is 86.8 Å². The van der Waals surface area contributed by atoms with Gasteiger partial charge in [0, 0.05) is 26.1 Å². The second-order valence-electron chi connectivity index (χ2n) is 10.3. The zero-order valence-corrected chi connectivity index (χ0v) is 24.1. The Kier molecular flexibility index (Phi) is 9.52. The summed E-state index contributed by atoms with van der Waals surface area (Å²) in [6.45, 7) is 3.16. The second-order valence-corrected chi connectivity index (χ2v) is 12.3. The van der Waals surface area contributed by atoms with Gasteiger partial charge in [0.25, 0.3) is 0 Å². The number of nitrogens with one attached hydrogen (secondary N) is 1. The molecule has 41 heavy (non-hydrogen) atoms. The molecule has 0 radical (unpaired) electrons. The highest BCUT2D eigenvalue weighted by Gasteiger charge is 2.33. The van der Waals surface area contributed by atoms with Crippen molar-refractivity contribution in [2.75, 3.05) is 13.6 Å². The Balaban J connectivity index is 1.66. The van der Waals surface area contributed by atoms with Gasteiger partial charge in [-0.2, -0.15) is 4.31 Å². The van der Waals surface area contributed by atoms with Crippen molar-refractivity contribution in [1.82, 2.24) is 14.5 Å². The Morgan fingerprint density at radius 1 is 0.829 bits per heavy atom. The molecule has 4 rings (SSSR count). The molecule has 0 heterocycles. The molecule has 0 saturated carbocycles. The smallest absolute Gasteiger partial charge is 0.243 e. The lowest BCUT2D eigenvalue weighted by Crippen LogP contribution is -2.53. The summed E-state index contributed by atoms with van der Waals surface area (Å²) in [5.41, 5.74) is 1.45. The first kappa shape index (κ1) is 29.9. The number of hydrogen-bond acceptors (Lipinski definition) is 4. The summed E-state index contributed by atoms with van der Waals surface area (Å²) >= 11 is 0. The Bertz CT molecular complexity index is 1610. The fraction of sp³-hybridized carbons (Fsp3) is 0.250. The first-order chi connectivity index (χ1) is 19.5. The van der Waals surface area contributed by atoms with Gasteiger partial charge < -0.3 is 10.2 Å². The molecule has 1 N–H and O–H groups in total. The molecular weight excluding hydrogens is 541 g/mol. The molecule has 7 nitrogen and oxygen atoms in total. The number of rotatable bonds is 11. The number of carbonyl (C=O) groups excluding carboxylic acids is 2. The molecule has 0 aromatic heterocycles. The van der Waals surface area contributed by atoms with Gasteiger partial charge in [-0.05, 0) is 60.0 Å². The van der Waals surface area contributed by atoms with Crippen molar-refractivity contribution >= 4 is 32.6 Å². The fourth-order valence-electron chi connectivity index (χ4n) is 4.60. The van der Waals surface area contributed by atoms with Gasteiger partial charge in [-0.3, -0.25) is 9.59 Å². The second kappa shape index (κ2) is 13.1. The van der Waals surface area contributed by atoms with Gasteiger partial charge in [0.2, 0.25) is 21.8 Å². The molecule has 4 aromatic carbocycles. The summed E-state index contributed by atoms with van der Waals surface area (Å²) in [6.07, 6.45) is 0.216. The highest BCUT2D eigenvalue weighted by molar-refractivity contribution is 7.89. The largest absolute Gasteiger partial charge is 0.352 e. The summed E-state index contributed by atoms with van der Waals surface area (Å²) in [5.74, 6) is -1.34. The Labute approximate surface area is 240 Å². The van der Waals surface area contributed by atoms with Crippen LogP contribution in [0.1, 0.15) is 25.0 Å². The van der Waals surface area contributed by atoms with E-state index in [0.717, 1.165) is 20.6 Å². The number of fused-ring (bicyclic) bond motifs is 1. The number of benzene rings is 4. The standard InChI is InChI=1S/C32H34FN3O4S/c1-23(2)34-32(38)30(19-24-9-5-4-6-10-24)36(21-25-13-16-28(33)17-14-25)31(37)22-35(3)41(39,40)29-18-15-26-11-7-8-12-27(26)20-29/h4-18,20,23,30H,19,21-22H2,1-3H3,(H,34,38)/t30-/m0/s1. The molecule has 9 heteroatoms. The number of carbonyl (C=O) groups is 2. The number of hydrogen-bond donors (Lipinski definition) is 1. The molecule has 0 bridgehead atoms. The van der Waals surface area contributed by atoms with E-state index in [0.29, 0.717) is 5.56 Å². The minimum Gasteiger partial charge on any atom is -0.352 e. The zero-order valence-electron chi connectivity index (χ0n) is 23.3. The molecule has 2 amide bonds. The summed E-state index contributed by atoms with van der Waals surface area (Å²) in [4.78, 5) is 28.8. The number of likely N-dealkylation sites (N-methyl/N-ethyl adjacent to an activating group) is 1. The molecule has 0 saturated heterocycles. The predicted octanol–water partition coefficient (Wildman–Crippen LogP) is 4.76. The summed E-state index contributed by atoms with van der Waals surface area (Å²) in [7, 11) is -2.68. The monoisotopic (exact) mass is 575 g/mol. The van der Waals surface area contributed by atoms with Crippen LogP contribution in [0.3, 0.4) is 0 Å². The third-order valence-electron chi connectivity index (χ3n) is 6.76. The molecule has 0 aliphatic heterocycles. The lowest BCUT2D eigenvalue weighted by Gasteiger charge is -2.33. The van der Waals surface area contributed by atoms with E-state index in [1.54, 1.807) is 24.3 Å². The first-order valence-corrected chi connectivity index (χ1v) is 14.8. The van der Waals surface area contributed by atoms with E-state index in [9.17, 15) is 22.4 Å². The maximum atomic E-state index is 13.9. The zero-order chi connectivity index (χ0) is 29.6. The molecule has 0 fully saturated rings. The molecular formula is C32H34FN3O4S. The van der Waals surface area contributed by atoms with Crippen LogP contribution in [0.25, 0.3) is 10.8 Å². The molecule has 214 valence electrons. The summed E-state index contributed by atoms with van der Waals surface area (Å²) < 4.78 is 41.6. The lowest BCUT2D eigenvalue weighted by molar-refractivity contribution is -0.141. The number of sulfonamides is 1. The van der Waals surface area contributed by atoms with Crippen molar-refractivity contribution in [3.8, 4) is 0 Å². The van der Waals surface area contributed by atoms with Crippen LogP contribution >= 0.6 is 0 Å². The average molecular weight is 576 g/mol. The molecule has 4 aromatic rings. The van der Waals surface area contributed by atoms with Gasteiger partial charge in [-0.1, -0.05) is 72.8 Å². The van der Waals surface area contributed by atoms with Crippen molar-refractivity contribution in [3.05, 3.63) is 114 Å². The van der Waals surface area contributed by atoms with Crippen LogP contribution in [0, 0.1) is 5.82 Å². The van der Waals surface area contributed by atoms with E-state index < -0.39 is 34.3 Å². The van der Waals surface area contributed by atoms with Crippen molar-refractivity contribution in [3.63, 3.8) is 0 Å². The molecule has 0 aliphatic carbocycles. The van der Waals surface area contributed by atoms with Gasteiger partial charge in [-0.25, -0.2) is 12.8 Å². The predicted molar refractivity (Wildman–Crippen MR) is 158 cm³/mol. The minimum atomic E-state index is -4.03. The minimum absolute atomic E-state index is 0.00795. The van der Waals surface area contributed by atoms with Crippen LogP contribution in [0.2, 0.25) is 0 Å². The van der Waals surface area contributed by atoms with Crippen molar-refractivity contribution in [1.29, 1.82) is 0 Å². The van der Waals surface area contributed by atoms with Gasteiger partial charge in [0.05, 0.1) is 11.4 Å². The Hall–Kier alpha value is -4.08. The Morgan fingerprint density at radius 3 is 2.12 bits per heavy atom. The number of halogens is 1. The summed E-state index contributed by atoms with van der Waals surface area (Å²) in [5, 5.41) is 4.56. The van der Waals surface area contributed by atoms with E-state index in [2.05, 4.69) is 5.32 Å². The van der Waals surface area contributed by atoms with E-state index in [4.69, 9.17) is 0 Å². The van der Waals surface area contributed by atoms with Crippen LogP contribution in [0.5, 0.6) is 0 Å². The van der Waals surface area contributed by atoms with Gasteiger partial charge in [0.1, 0.15) is 11.9 Å². The van der Waals surface area contributed by atoms with Crippen LogP contribution < -0.4 is 5.32 Å². The van der Waals surface area contributed by atoms with Gasteiger partial charge in [0.15, 0.2) is 0 Å². The fourth-order valence-corrected chi connectivity index (χ4v) is 5.75. The van der Waals surface area contributed by atoms with Crippen molar-refractivity contribution in [2.24, 2.45) is 0 Å². The van der Waals surface area contributed by atoms with Crippen molar-refractivity contribution in [2.45, 2.75) is 43.8 Å². The van der Waals surface area contributed by atoms with Gasteiger partial charge in [-0.15, -0.1) is 0 Å². The van der Waals surface area contributed by atoms with Crippen LogP contribution in [-0.2, 0) is 32.6 Å². The van der Waals surface area contributed by atoms with Crippen LogP contribution in [0.4, 0.5) is 4.39 Å².